The summed E-state index contributed by atoms with van der Waals surface area (Å²) in [5.74, 6) is -1.43. The minimum Gasteiger partial charge on any atom is -0.335 e. The fourth-order valence-electron chi connectivity index (χ4n) is 2.00. The molecule has 0 saturated heterocycles. The standard InChI is InChI=1S/C12H14F2N2O/c13-8-5-6-11(10(14)7-8)16-12(17)15-9-3-1-2-4-9/h5-7,9H,1-4H2,(H2,15,16,17). The van der Waals surface area contributed by atoms with E-state index in [1.165, 1.54) is 6.07 Å². The molecule has 17 heavy (non-hydrogen) atoms. The molecule has 0 heterocycles. The molecule has 1 aromatic rings. The van der Waals surface area contributed by atoms with Crippen molar-refractivity contribution >= 4 is 11.7 Å². The molecular weight excluding hydrogens is 226 g/mol. The second kappa shape index (κ2) is 5.12. The van der Waals surface area contributed by atoms with Gasteiger partial charge in [-0.3, -0.25) is 0 Å². The molecule has 0 aromatic heterocycles. The van der Waals surface area contributed by atoms with Gasteiger partial charge in [-0.2, -0.15) is 0 Å². The number of halogens is 2. The molecule has 0 radical (unpaired) electrons. The van der Waals surface area contributed by atoms with Crippen molar-refractivity contribution in [2.24, 2.45) is 0 Å². The molecular formula is C12H14F2N2O. The zero-order valence-electron chi connectivity index (χ0n) is 9.30. The van der Waals surface area contributed by atoms with Crippen molar-refractivity contribution in [1.29, 1.82) is 0 Å². The first-order valence-electron chi connectivity index (χ1n) is 5.68. The Morgan fingerprint density at radius 3 is 2.59 bits per heavy atom. The van der Waals surface area contributed by atoms with Gasteiger partial charge in [-0.1, -0.05) is 12.8 Å². The lowest BCUT2D eigenvalue weighted by Gasteiger charge is -2.13. The van der Waals surface area contributed by atoms with Crippen molar-refractivity contribution in [3.8, 4) is 0 Å². The number of rotatable bonds is 2. The van der Waals surface area contributed by atoms with E-state index in [0.29, 0.717) is 0 Å². The van der Waals surface area contributed by atoms with Gasteiger partial charge in [0, 0.05) is 12.1 Å². The van der Waals surface area contributed by atoms with Crippen LogP contribution in [-0.4, -0.2) is 12.1 Å². The highest BCUT2D eigenvalue weighted by atomic mass is 19.1. The number of carbonyl (C=O) groups is 1. The second-order valence-corrected chi connectivity index (χ2v) is 4.20. The molecule has 0 atom stereocenters. The minimum absolute atomic E-state index is 0.0121. The van der Waals surface area contributed by atoms with E-state index in [1.807, 2.05) is 0 Å². The number of amides is 2. The quantitative estimate of drug-likeness (QED) is 0.819. The predicted octanol–water partition coefficient (Wildman–Crippen LogP) is 3.03. The van der Waals surface area contributed by atoms with Crippen molar-refractivity contribution in [1.82, 2.24) is 5.32 Å². The van der Waals surface area contributed by atoms with Gasteiger partial charge < -0.3 is 10.6 Å². The Balaban J connectivity index is 1.93. The Morgan fingerprint density at radius 1 is 1.24 bits per heavy atom. The molecule has 1 aliphatic rings. The average Bonchev–Trinajstić information content (AvgIpc) is 2.75. The fourth-order valence-corrected chi connectivity index (χ4v) is 2.00. The number of benzene rings is 1. The molecule has 0 spiro atoms. The maximum atomic E-state index is 13.2. The van der Waals surface area contributed by atoms with Crippen LogP contribution in [0.5, 0.6) is 0 Å². The van der Waals surface area contributed by atoms with Crippen LogP contribution in [0.1, 0.15) is 25.7 Å². The molecule has 92 valence electrons. The van der Waals surface area contributed by atoms with Crippen LogP contribution in [0.15, 0.2) is 18.2 Å². The normalized spacial score (nSPS) is 15.9. The Hall–Kier alpha value is -1.65. The van der Waals surface area contributed by atoms with Crippen LogP contribution in [-0.2, 0) is 0 Å². The van der Waals surface area contributed by atoms with Crippen LogP contribution >= 0.6 is 0 Å². The summed E-state index contributed by atoms with van der Waals surface area (Å²) in [5, 5.41) is 5.13. The lowest BCUT2D eigenvalue weighted by Crippen LogP contribution is -2.36. The van der Waals surface area contributed by atoms with Gasteiger partial charge in [-0.15, -0.1) is 0 Å². The molecule has 0 bridgehead atoms. The van der Waals surface area contributed by atoms with Gasteiger partial charge in [0.2, 0.25) is 0 Å². The number of hydrogen-bond donors (Lipinski definition) is 2. The first-order valence-corrected chi connectivity index (χ1v) is 5.68. The summed E-state index contributed by atoms with van der Waals surface area (Å²) >= 11 is 0. The van der Waals surface area contributed by atoms with Crippen molar-refractivity contribution in [3.05, 3.63) is 29.8 Å². The van der Waals surface area contributed by atoms with Crippen LogP contribution < -0.4 is 10.6 Å². The third kappa shape index (κ3) is 3.15. The molecule has 1 aromatic carbocycles. The SMILES string of the molecule is O=C(Nc1ccc(F)cc1F)NC1CCCC1. The molecule has 3 nitrogen and oxygen atoms in total. The van der Waals surface area contributed by atoms with Gasteiger partial charge in [-0.05, 0) is 25.0 Å². The summed E-state index contributed by atoms with van der Waals surface area (Å²) < 4.78 is 25.9. The Morgan fingerprint density at radius 2 is 1.94 bits per heavy atom. The highest BCUT2D eigenvalue weighted by Crippen LogP contribution is 2.18. The van der Waals surface area contributed by atoms with E-state index < -0.39 is 17.7 Å². The largest absolute Gasteiger partial charge is 0.335 e. The molecule has 1 fully saturated rings. The summed E-state index contributed by atoms with van der Waals surface area (Å²) in [6.07, 6.45) is 4.13. The molecule has 2 amide bonds. The van der Waals surface area contributed by atoms with E-state index in [0.717, 1.165) is 37.8 Å². The maximum Gasteiger partial charge on any atom is 0.319 e. The zero-order chi connectivity index (χ0) is 12.3. The molecule has 2 N–H and O–H groups in total. The number of carbonyl (C=O) groups excluding carboxylic acids is 1. The van der Waals surface area contributed by atoms with Crippen LogP contribution in [0.25, 0.3) is 0 Å². The molecule has 1 aliphatic carbocycles. The van der Waals surface area contributed by atoms with E-state index in [4.69, 9.17) is 0 Å². The van der Waals surface area contributed by atoms with Crippen molar-refractivity contribution in [2.75, 3.05) is 5.32 Å². The molecule has 1 saturated carbocycles. The number of urea groups is 1. The van der Waals surface area contributed by atoms with E-state index in [9.17, 15) is 13.6 Å². The lowest BCUT2D eigenvalue weighted by molar-refractivity contribution is 0.248. The summed E-state index contributed by atoms with van der Waals surface area (Å²) in [5.41, 5.74) is -0.0121. The highest BCUT2D eigenvalue weighted by molar-refractivity contribution is 5.89. The first kappa shape index (κ1) is 11.8. The summed E-state index contributed by atoms with van der Waals surface area (Å²) in [7, 11) is 0. The van der Waals surface area contributed by atoms with Gasteiger partial charge in [0.15, 0.2) is 0 Å². The smallest absolute Gasteiger partial charge is 0.319 e. The van der Waals surface area contributed by atoms with Crippen molar-refractivity contribution < 1.29 is 13.6 Å². The maximum absolute atomic E-state index is 13.2. The van der Waals surface area contributed by atoms with E-state index in [2.05, 4.69) is 10.6 Å². The number of anilines is 1. The number of hydrogen-bond acceptors (Lipinski definition) is 1. The van der Waals surface area contributed by atoms with Crippen LogP contribution in [0, 0.1) is 11.6 Å². The van der Waals surface area contributed by atoms with Gasteiger partial charge in [0.1, 0.15) is 11.6 Å². The van der Waals surface area contributed by atoms with Gasteiger partial charge in [-0.25, -0.2) is 13.6 Å². The van der Waals surface area contributed by atoms with E-state index >= 15 is 0 Å². The van der Waals surface area contributed by atoms with Crippen LogP contribution in [0.2, 0.25) is 0 Å². The summed E-state index contributed by atoms with van der Waals surface area (Å²) in [6, 6.07) is 2.78. The first-order chi connectivity index (χ1) is 8.15. The Kier molecular flexibility index (Phi) is 3.56. The lowest BCUT2D eigenvalue weighted by atomic mass is 10.2. The molecule has 0 unspecified atom stereocenters. The van der Waals surface area contributed by atoms with Crippen LogP contribution in [0.4, 0.5) is 19.3 Å². The fraction of sp³-hybridized carbons (Fsp3) is 0.417. The third-order valence-corrected chi connectivity index (χ3v) is 2.87. The zero-order valence-corrected chi connectivity index (χ0v) is 9.30. The minimum atomic E-state index is -0.772. The highest BCUT2D eigenvalue weighted by Gasteiger charge is 2.17. The van der Waals surface area contributed by atoms with Gasteiger partial charge in [0.05, 0.1) is 5.69 Å². The predicted molar refractivity (Wildman–Crippen MR) is 60.8 cm³/mol. The Bertz CT molecular complexity index is 417. The number of nitrogens with one attached hydrogen (secondary N) is 2. The monoisotopic (exact) mass is 240 g/mol. The van der Waals surface area contributed by atoms with Gasteiger partial charge >= 0.3 is 6.03 Å². The molecule has 2 rings (SSSR count). The van der Waals surface area contributed by atoms with Crippen LogP contribution in [0.3, 0.4) is 0 Å². The molecule has 5 heteroatoms. The third-order valence-electron chi connectivity index (χ3n) is 2.87. The average molecular weight is 240 g/mol. The van der Waals surface area contributed by atoms with E-state index in [1.54, 1.807) is 0 Å². The summed E-state index contributed by atoms with van der Waals surface area (Å²) in [4.78, 5) is 11.5. The van der Waals surface area contributed by atoms with Crippen molar-refractivity contribution in [3.63, 3.8) is 0 Å². The Labute approximate surface area is 98.2 Å². The topological polar surface area (TPSA) is 41.1 Å². The summed E-state index contributed by atoms with van der Waals surface area (Å²) in [6.45, 7) is 0. The second-order valence-electron chi connectivity index (χ2n) is 4.20. The van der Waals surface area contributed by atoms with Crippen molar-refractivity contribution in [2.45, 2.75) is 31.7 Å². The van der Waals surface area contributed by atoms with Gasteiger partial charge in [0.25, 0.3) is 0 Å². The van der Waals surface area contributed by atoms with E-state index in [-0.39, 0.29) is 11.7 Å². The molecule has 0 aliphatic heterocycles.